The topological polar surface area (TPSA) is 79.5 Å². The van der Waals surface area contributed by atoms with Crippen molar-refractivity contribution >= 4 is 17.6 Å². The number of nitrogens with two attached hydrogens (primary N) is 1. The first-order valence-corrected chi connectivity index (χ1v) is 9.57. The van der Waals surface area contributed by atoms with Crippen LogP contribution in [0.1, 0.15) is 61.0 Å². The first kappa shape index (κ1) is 20.5. The fourth-order valence-corrected chi connectivity index (χ4v) is 2.65. The van der Waals surface area contributed by atoms with Crippen molar-refractivity contribution in [3.63, 3.8) is 0 Å². The van der Waals surface area contributed by atoms with Gasteiger partial charge in [-0.3, -0.25) is 4.79 Å². The largest absolute Gasteiger partial charge is 0.370 e. The van der Waals surface area contributed by atoms with E-state index in [2.05, 4.69) is 41.6 Å². The number of nitrogens with zero attached hydrogens (tertiary/aromatic N) is 1. The number of anilines is 1. The van der Waals surface area contributed by atoms with Crippen LogP contribution >= 0.6 is 0 Å². The summed E-state index contributed by atoms with van der Waals surface area (Å²) in [6.07, 6.45) is 2.03. The van der Waals surface area contributed by atoms with Crippen molar-refractivity contribution in [3.05, 3.63) is 65.2 Å². The Kier molecular flexibility index (Phi) is 7.86. The minimum absolute atomic E-state index is 0.0600. The highest BCUT2D eigenvalue weighted by Gasteiger charge is 2.05. The van der Waals surface area contributed by atoms with Gasteiger partial charge in [0.1, 0.15) is 0 Å². The van der Waals surface area contributed by atoms with Crippen LogP contribution < -0.4 is 16.4 Å². The first-order chi connectivity index (χ1) is 13.0. The van der Waals surface area contributed by atoms with E-state index in [1.807, 2.05) is 37.3 Å². The van der Waals surface area contributed by atoms with Gasteiger partial charge >= 0.3 is 0 Å². The van der Waals surface area contributed by atoms with E-state index in [0.29, 0.717) is 30.5 Å². The van der Waals surface area contributed by atoms with Crippen LogP contribution in [0.3, 0.4) is 0 Å². The third-order valence-electron chi connectivity index (χ3n) is 4.52. The molecule has 0 bridgehead atoms. The molecule has 0 spiro atoms. The lowest BCUT2D eigenvalue weighted by Gasteiger charge is -2.11. The summed E-state index contributed by atoms with van der Waals surface area (Å²) in [5.74, 6) is 0.842. The van der Waals surface area contributed by atoms with Gasteiger partial charge in [-0.25, -0.2) is 4.99 Å². The summed E-state index contributed by atoms with van der Waals surface area (Å²) in [4.78, 5) is 16.4. The number of hydrogen-bond donors (Lipinski definition) is 3. The van der Waals surface area contributed by atoms with E-state index in [1.54, 1.807) is 6.07 Å². The normalized spacial score (nSPS) is 12.5. The van der Waals surface area contributed by atoms with Crippen LogP contribution in [0.2, 0.25) is 0 Å². The van der Waals surface area contributed by atoms with E-state index in [1.165, 1.54) is 5.56 Å². The molecule has 0 aliphatic rings. The van der Waals surface area contributed by atoms with E-state index < -0.39 is 0 Å². The van der Waals surface area contributed by atoms with Gasteiger partial charge < -0.3 is 16.4 Å². The van der Waals surface area contributed by atoms with Crippen LogP contribution in [0, 0.1) is 0 Å². The monoisotopic (exact) mass is 366 g/mol. The summed E-state index contributed by atoms with van der Waals surface area (Å²) in [6, 6.07) is 15.7. The van der Waals surface area contributed by atoms with Gasteiger partial charge in [-0.1, -0.05) is 45.0 Å². The maximum Gasteiger partial charge on any atom is 0.251 e. The highest BCUT2D eigenvalue weighted by Crippen LogP contribution is 2.20. The highest BCUT2D eigenvalue weighted by molar-refractivity contribution is 5.94. The molecule has 0 aromatic heterocycles. The smallest absolute Gasteiger partial charge is 0.251 e. The number of guanidine groups is 1. The summed E-state index contributed by atoms with van der Waals surface area (Å²) in [7, 11) is 0. The third-order valence-corrected chi connectivity index (χ3v) is 4.52. The number of hydrogen-bond acceptors (Lipinski definition) is 2. The number of aliphatic imine (C=N–C) groups is 1. The first-order valence-electron chi connectivity index (χ1n) is 9.57. The molecule has 1 amide bonds. The molecule has 0 heterocycles. The number of carbonyl (C=O) groups excluding carboxylic acids is 1. The van der Waals surface area contributed by atoms with Crippen molar-refractivity contribution in [2.45, 2.75) is 46.1 Å². The van der Waals surface area contributed by atoms with E-state index in [4.69, 9.17) is 5.73 Å². The van der Waals surface area contributed by atoms with E-state index >= 15 is 0 Å². The molecule has 1 unspecified atom stereocenters. The molecular formula is C22H30N4O. The van der Waals surface area contributed by atoms with Crippen LogP contribution in [0.5, 0.6) is 0 Å². The Balaban J connectivity index is 1.96. The lowest BCUT2D eigenvalue weighted by atomic mass is 9.99. The molecule has 0 aliphatic heterocycles. The minimum Gasteiger partial charge on any atom is -0.370 e. The predicted molar refractivity (Wildman–Crippen MR) is 113 cm³/mol. The number of carbonyl (C=O) groups is 1. The molecule has 4 N–H and O–H groups in total. The van der Waals surface area contributed by atoms with Crippen molar-refractivity contribution in [1.82, 2.24) is 5.32 Å². The Morgan fingerprint density at radius 3 is 2.56 bits per heavy atom. The molecule has 2 rings (SSSR count). The van der Waals surface area contributed by atoms with Crippen LogP contribution in [0.15, 0.2) is 53.5 Å². The molecule has 0 radical (unpaired) electrons. The fourth-order valence-electron chi connectivity index (χ4n) is 2.65. The van der Waals surface area contributed by atoms with Gasteiger partial charge in [0.15, 0.2) is 5.96 Å². The van der Waals surface area contributed by atoms with Gasteiger partial charge in [-0.15, -0.1) is 0 Å². The number of rotatable bonds is 8. The van der Waals surface area contributed by atoms with E-state index in [0.717, 1.165) is 24.1 Å². The standard InChI is InChI=1S/C22H30N4O/c1-4-13-24-21(27)19-8-6-7-17(14-19)15-25-22(23)26-20-11-9-18(10-12-20)16(3)5-2/h6-12,14,16H,4-5,13,15H2,1-3H3,(H,24,27)(H3,23,25,26). The molecule has 0 fully saturated rings. The number of nitrogens with one attached hydrogen (secondary N) is 2. The summed E-state index contributed by atoms with van der Waals surface area (Å²) in [6.45, 7) is 7.52. The Hall–Kier alpha value is -2.82. The van der Waals surface area contributed by atoms with Gasteiger partial charge in [0.25, 0.3) is 5.91 Å². The Labute approximate surface area is 162 Å². The zero-order valence-electron chi connectivity index (χ0n) is 16.5. The average molecular weight is 367 g/mol. The van der Waals surface area contributed by atoms with Crippen molar-refractivity contribution < 1.29 is 4.79 Å². The van der Waals surface area contributed by atoms with Crippen molar-refractivity contribution in [3.8, 4) is 0 Å². The van der Waals surface area contributed by atoms with E-state index in [9.17, 15) is 4.79 Å². The quantitative estimate of drug-likeness (QED) is 0.482. The van der Waals surface area contributed by atoms with Crippen molar-refractivity contribution in [1.29, 1.82) is 0 Å². The van der Waals surface area contributed by atoms with Gasteiger partial charge in [0, 0.05) is 17.8 Å². The lowest BCUT2D eigenvalue weighted by molar-refractivity contribution is 0.0953. The summed E-state index contributed by atoms with van der Waals surface area (Å²) in [5, 5.41) is 5.99. The van der Waals surface area contributed by atoms with Gasteiger partial charge in [0.05, 0.1) is 6.54 Å². The minimum atomic E-state index is -0.0600. The van der Waals surface area contributed by atoms with Crippen LogP contribution in [-0.4, -0.2) is 18.4 Å². The third kappa shape index (κ3) is 6.44. The molecule has 1 atom stereocenters. The molecule has 0 aliphatic carbocycles. The Bertz CT molecular complexity index is 768. The maximum absolute atomic E-state index is 12.0. The summed E-state index contributed by atoms with van der Waals surface area (Å²) in [5.41, 5.74) is 9.81. The van der Waals surface area contributed by atoms with Crippen LogP contribution in [-0.2, 0) is 6.54 Å². The summed E-state index contributed by atoms with van der Waals surface area (Å²) < 4.78 is 0. The lowest BCUT2D eigenvalue weighted by Crippen LogP contribution is -2.24. The SMILES string of the molecule is CCCNC(=O)c1cccc(CN=C(N)Nc2ccc(C(C)CC)cc2)c1. The maximum atomic E-state index is 12.0. The summed E-state index contributed by atoms with van der Waals surface area (Å²) >= 11 is 0. The number of benzene rings is 2. The molecule has 0 saturated heterocycles. The van der Waals surface area contributed by atoms with Gasteiger partial charge in [-0.2, -0.15) is 0 Å². The molecule has 27 heavy (non-hydrogen) atoms. The molecule has 5 nitrogen and oxygen atoms in total. The second kappa shape index (κ2) is 10.4. The van der Waals surface area contributed by atoms with Crippen molar-refractivity contribution in [2.75, 3.05) is 11.9 Å². The van der Waals surface area contributed by atoms with Crippen LogP contribution in [0.4, 0.5) is 5.69 Å². The van der Waals surface area contributed by atoms with Crippen LogP contribution in [0.25, 0.3) is 0 Å². The van der Waals surface area contributed by atoms with Gasteiger partial charge in [0.2, 0.25) is 0 Å². The van der Waals surface area contributed by atoms with E-state index in [-0.39, 0.29) is 5.91 Å². The second-order valence-corrected chi connectivity index (χ2v) is 6.71. The number of amides is 1. The van der Waals surface area contributed by atoms with Gasteiger partial charge in [-0.05, 0) is 54.2 Å². The predicted octanol–water partition coefficient (Wildman–Crippen LogP) is 4.27. The average Bonchev–Trinajstić information content (AvgIpc) is 2.70. The zero-order valence-corrected chi connectivity index (χ0v) is 16.5. The Morgan fingerprint density at radius 1 is 1.15 bits per heavy atom. The molecular weight excluding hydrogens is 336 g/mol. The fraction of sp³-hybridized carbons (Fsp3) is 0.364. The molecule has 144 valence electrons. The zero-order chi connectivity index (χ0) is 19.6. The molecule has 5 heteroatoms. The Morgan fingerprint density at radius 2 is 1.89 bits per heavy atom. The highest BCUT2D eigenvalue weighted by atomic mass is 16.1. The molecule has 2 aromatic rings. The van der Waals surface area contributed by atoms with Crippen molar-refractivity contribution in [2.24, 2.45) is 10.7 Å². The molecule has 0 saturated carbocycles. The second-order valence-electron chi connectivity index (χ2n) is 6.71. The molecule has 2 aromatic carbocycles.